The Labute approximate surface area is 123 Å². The van der Waals surface area contributed by atoms with E-state index in [0.717, 1.165) is 11.1 Å². The van der Waals surface area contributed by atoms with Gasteiger partial charge in [0.15, 0.2) is 0 Å². The summed E-state index contributed by atoms with van der Waals surface area (Å²) in [6, 6.07) is 0. The van der Waals surface area contributed by atoms with Gasteiger partial charge < -0.3 is 26.6 Å². The minimum absolute atomic E-state index is 0.861. The Kier molecular flexibility index (Phi) is 6.75. The third-order valence-corrected chi connectivity index (χ3v) is 8.51. The average Bonchev–Trinajstić information content (AvgIpc) is 2.53. The Morgan fingerprint density at radius 2 is 0.700 bits per heavy atom. The fourth-order valence-corrected chi connectivity index (χ4v) is 5.65. The van der Waals surface area contributed by atoms with Gasteiger partial charge in [-0.1, -0.05) is 24.3 Å². The van der Waals surface area contributed by atoms with E-state index in [4.69, 9.17) is 26.6 Å². The van der Waals surface area contributed by atoms with Crippen LogP contribution in [0.5, 0.6) is 0 Å². The van der Waals surface area contributed by atoms with E-state index >= 15 is 0 Å². The zero-order chi connectivity index (χ0) is 15.2. The van der Waals surface area contributed by atoms with Crippen molar-refractivity contribution in [3.05, 3.63) is 35.4 Å². The fraction of sp³-hybridized carbons (Fsp3) is 0.500. The molecule has 20 heavy (non-hydrogen) atoms. The SMILES string of the molecule is CO[Si](OC)(OC)[C]1C=C[C]([Si](OC)(OC)OC)C=C1. The maximum atomic E-state index is 5.44. The van der Waals surface area contributed by atoms with Crippen LogP contribution in [-0.4, -0.2) is 60.3 Å². The topological polar surface area (TPSA) is 55.4 Å². The first-order valence-electron chi connectivity index (χ1n) is 6.00. The summed E-state index contributed by atoms with van der Waals surface area (Å²) in [6.07, 6.45) is 7.54. The molecule has 0 aromatic carbocycles. The molecular formula is C12H22O6Si2. The lowest BCUT2D eigenvalue weighted by Gasteiger charge is -2.33. The van der Waals surface area contributed by atoms with Crippen molar-refractivity contribution in [1.29, 1.82) is 0 Å². The van der Waals surface area contributed by atoms with Gasteiger partial charge in [-0.15, -0.1) is 0 Å². The van der Waals surface area contributed by atoms with Crippen molar-refractivity contribution < 1.29 is 26.6 Å². The van der Waals surface area contributed by atoms with Crippen LogP contribution in [0, 0.1) is 11.1 Å². The van der Waals surface area contributed by atoms with Gasteiger partial charge in [0.25, 0.3) is 0 Å². The van der Waals surface area contributed by atoms with Gasteiger partial charge in [-0.05, 0) is 0 Å². The minimum atomic E-state index is -2.81. The van der Waals surface area contributed by atoms with Crippen molar-refractivity contribution >= 4 is 17.6 Å². The van der Waals surface area contributed by atoms with Gasteiger partial charge in [-0.2, -0.15) is 0 Å². The van der Waals surface area contributed by atoms with Crippen molar-refractivity contribution in [2.75, 3.05) is 42.7 Å². The maximum absolute atomic E-state index is 5.44. The highest BCUT2D eigenvalue weighted by atomic mass is 28.4. The Morgan fingerprint density at radius 1 is 0.500 bits per heavy atom. The van der Waals surface area contributed by atoms with Crippen LogP contribution in [0.25, 0.3) is 0 Å². The summed E-state index contributed by atoms with van der Waals surface area (Å²) in [5.41, 5.74) is 1.72. The number of allylic oxidation sites excluding steroid dienone is 4. The second-order valence-corrected chi connectivity index (χ2v) is 9.74. The van der Waals surface area contributed by atoms with Crippen LogP contribution < -0.4 is 0 Å². The van der Waals surface area contributed by atoms with Gasteiger partial charge in [0.05, 0.1) is 11.1 Å². The van der Waals surface area contributed by atoms with Crippen LogP contribution in [-0.2, 0) is 26.6 Å². The second-order valence-electron chi connectivity index (χ2n) is 3.91. The van der Waals surface area contributed by atoms with Crippen molar-refractivity contribution in [1.82, 2.24) is 0 Å². The van der Waals surface area contributed by atoms with E-state index in [2.05, 4.69) is 0 Å². The Hall–Kier alpha value is -0.326. The van der Waals surface area contributed by atoms with E-state index in [-0.39, 0.29) is 0 Å². The molecular weight excluding hydrogens is 296 g/mol. The molecule has 0 N–H and O–H groups in total. The third kappa shape index (κ3) is 3.12. The summed E-state index contributed by atoms with van der Waals surface area (Å²) < 4.78 is 32.6. The van der Waals surface area contributed by atoms with Gasteiger partial charge >= 0.3 is 17.6 Å². The molecule has 1 aliphatic rings. The third-order valence-electron chi connectivity index (χ3n) is 3.20. The first kappa shape index (κ1) is 17.7. The smallest absolute Gasteiger partial charge is 0.376 e. The highest BCUT2D eigenvalue weighted by Gasteiger charge is 2.50. The molecule has 0 amide bonds. The zero-order valence-electron chi connectivity index (χ0n) is 12.8. The average molecular weight is 318 g/mol. The maximum Gasteiger partial charge on any atom is 0.515 e. The van der Waals surface area contributed by atoms with Crippen LogP contribution in [0.1, 0.15) is 0 Å². The van der Waals surface area contributed by atoms with Crippen LogP contribution in [0.4, 0.5) is 0 Å². The fourth-order valence-electron chi connectivity index (χ4n) is 2.09. The van der Waals surface area contributed by atoms with Gasteiger partial charge in [-0.3, -0.25) is 0 Å². The highest BCUT2D eigenvalue weighted by Crippen LogP contribution is 2.32. The monoisotopic (exact) mass is 318 g/mol. The summed E-state index contributed by atoms with van der Waals surface area (Å²) in [7, 11) is 3.82. The van der Waals surface area contributed by atoms with E-state index in [0.29, 0.717) is 0 Å². The number of rotatable bonds is 8. The van der Waals surface area contributed by atoms with Gasteiger partial charge in [-0.25, -0.2) is 0 Å². The molecule has 0 aliphatic heterocycles. The van der Waals surface area contributed by atoms with Crippen LogP contribution in [0.2, 0.25) is 0 Å². The number of hydrogen-bond donors (Lipinski definition) is 0. The molecule has 0 spiro atoms. The Morgan fingerprint density at radius 3 is 0.850 bits per heavy atom. The lowest BCUT2D eigenvalue weighted by Crippen LogP contribution is -2.51. The van der Waals surface area contributed by atoms with Gasteiger partial charge in [0.1, 0.15) is 0 Å². The molecule has 0 saturated heterocycles. The molecule has 0 heterocycles. The zero-order valence-corrected chi connectivity index (χ0v) is 14.8. The van der Waals surface area contributed by atoms with E-state index in [9.17, 15) is 0 Å². The first-order chi connectivity index (χ1) is 9.57. The molecule has 0 unspecified atom stereocenters. The molecule has 0 fully saturated rings. The summed E-state index contributed by atoms with van der Waals surface area (Å²) in [4.78, 5) is 0. The lowest BCUT2D eigenvalue weighted by atomic mass is 10.2. The largest absolute Gasteiger partial charge is 0.515 e. The number of hydrogen-bond acceptors (Lipinski definition) is 6. The van der Waals surface area contributed by atoms with Gasteiger partial charge in [0, 0.05) is 42.7 Å². The molecule has 0 saturated carbocycles. The predicted molar refractivity (Wildman–Crippen MR) is 78.3 cm³/mol. The van der Waals surface area contributed by atoms with Crippen molar-refractivity contribution in [3.8, 4) is 0 Å². The first-order valence-corrected chi connectivity index (χ1v) is 9.45. The van der Waals surface area contributed by atoms with Crippen molar-refractivity contribution in [2.45, 2.75) is 0 Å². The van der Waals surface area contributed by atoms with Crippen molar-refractivity contribution in [2.24, 2.45) is 0 Å². The van der Waals surface area contributed by atoms with E-state index in [1.165, 1.54) is 0 Å². The summed E-state index contributed by atoms with van der Waals surface area (Å²) >= 11 is 0. The van der Waals surface area contributed by atoms with Gasteiger partial charge in [0.2, 0.25) is 0 Å². The van der Waals surface area contributed by atoms with E-state index in [1.54, 1.807) is 42.7 Å². The quantitative estimate of drug-likeness (QED) is 0.625. The molecule has 6 nitrogen and oxygen atoms in total. The standard InChI is InChI=1S/C12H22O6Si2/c1-13-19(14-2,15-3)11-7-9-12(10-8-11)20(16-4,17-5)18-6/h7-10H,1-6H3. The summed E-state index contributed by atoms with van der Waals surface area (Å²) in [6.45, 7) is 0. The summed E-state index contributed by atoms with van der Waals surface area (Å²) in [5.74, 6) is 0. The normalized spacial score (nSPS) is 17.9. The highest BCUT2D eigenvalue weighted by molar-refractivity contribution is 6.70. The molecule has 1 aliphatic carbocycles. The molecule has 1 rings (SSSR count). The Balaban J connectivity index is 2.92. The molecule has 2 radical (unpaired) electrons. The second kappa shape index (κ2) is 7.62. The minimum Gasteiger partial charge on any atom is -0.376 e. The molecule has 114 valence electrons. The molecule has 0 bridgehead atoms. The van der Waals surface area contributed by atoms with Crippen LogP contribution in [0.3, 0.4) is 0 Å². The van der Waals surface area contributed by atoms with E-state index in [1.807, 2.05) is 24.3 Å². The Bertz CT molecular complexity index is 289. The lowest BCUT2D eigenvalue weighted by molar-refractivity contribution is 0.128. The van der Waals surface area contributed by atoms with Crippen LogP contribution in [0.15, 0.2) is 24.3 Å². The molecule has 0 aromatic heterocycles. The van der Waals surface area contributed by atoms with E-state index < -0.39 is 17.6 Å². The van der Waals surface area contributed by atoms with Crippen LogP contribution >= 0.6 is 0 Å². The molecule has 8 heteroatoms. The molecule has 0 aromatic rings. The molecule has 0 atom stereocenters. The summed E-state index contributed by atoms with van der Waals surface area (Å²) in [5, 5.41) is 0. The van der Waals surface area contributed by atoms with Crippen molar-refractivity contribution in [3.63, 3.8) is 0 Å². The predicted octanol–water partition coefficient (Wildman–Crippen LogP) is 1.10.